The number of carbonyl (C=O) groups is 2. The Balaban J connectivity index is 2.23. The van der Waals surface area contributed by atoms with Crippen molar-refractivity contribution in [2.45, 2.75) is 32.8 Å². The minimum atomic E-state index is -0.599. The van der Waals surface area contributed by atoms with Gasteiger partial charge in [-0.3, -0.25) is 15.6 Å². The summed E-state index contributed by atoms with van der Waals surface area (Å²) < 4.78 is 18.5. The van der Waals surface area contributed by atoms with Crippen LogP contribution in [0.15, 0.2) is 24.3 Å². The number of alkyl carbamates (subject to hydrolysis) is 1. The molecule has 0 unspecified atom stereocenters. The topological polar surface area (TPSA) is 91.5 Å². The number of ether oxygens (including phenoxy) is 1. The maximum Gasteiger partial charge on any atom is 0.407 e. The summed E-state index contributed by atoms with van der Waals surface area (Å²) in [6, 6.07) is 5.99. The number of hydrazine groups is 1. The largest absolute Gasteiger partial charge is 0.444 e. The van der Waals surface area contributed by atoms with Gasteiger partial charge in [-0.2, -0.15) is 0 Å². The first-order valence-corrected chi connectivity index (χ1v) is 7.65. The lowest BCUT2D eigenvalue weighted by Gasteiger charge is -2.19. The number of amides is 2. The van der Waals surface area contributed by atoms with Crippen LogP contribution in [0.3, 0.4) is 0 Å². The van der Waals surface area contributed by atoms with Crippen molar-refractivity contribution in [3.63, 3.8) is 0 Å². The predicted octanol–water partition coefficient (Wildman–Crippen LogP) is 2.06. The van der Waals surface area contributed by atoms with E-state index in [2.05, 4.69) is 21.5 Å². The Bertz CT molecular complexity index is 605. The molecule has 0 saturated carbocycles. The molecule has 0 aliphatic carbocycles. The molecule has 9 heteroatoms. The number of benzene rings is 1. The van der Waals surface area contributed by atoms with Crippen LogP contribution in [0, 0.1) is 5.82 Å². The predicted molar refractivity (Wildman–Crippen MR) is 92.8 cm³/mol. The van der Waals surface area contributed by atoms with Gasteiger partial charge in [0, 0.05) is 13.0 Å². The Hall–Kier alpha value is -2.42. The van der Waals surface area contributed by atoms with Gasteiger partial charge in [-0.25, -0.2) is 9.18 Å². The highest BCUT2D eigenvalue weighted by molar-refractivity contribution is 7.80. The van der Waals surface area contributed by atoms with Crippen molar-refractivity contribution in [2.75, 3.05) is 11.9 Å². The van der Waals surface area contributed by atoms with Crippen molar-refractivity contribution in [1.82, 2.24) is 16.2 Å². The molecule has 132 valence electrons. The Morgan fingerprint density at radius 2 is 1.88 bits per heavy atom. The molecule has 0 aliphatic heterocycles. The Kier molecular flexibility index (Phi) is 7.37. The number of hydrogen-bond donors (Lipinski definition) is 4. The van der Waals surface area contributed by atoms with E-state index in [0.29, 0.717) is 0 Å². The van der Waals surface area contributed by atoms with Crippen LogP contribution in [0.2, 0.25) is 0 Å². The van der Waals surface area contributed by atoms with Crippen LogP contribution >= 0.6 is 12.2 Å². The van der Waals surface area contributed by atoms with E-state index >= 15 is 0 Å². The fraction of sp³-hybridized carbons (Fsp3) is 0.400. The average Bonchev–Trinajstić information content (AvgIpc) is 2.45. The van der Waals surface area contributed by atoms with Crippen LogP contribution < -0.4 is 21.5 Å². The molecule has 0 aliphatic rings. The Morgan fingerprint density at radius 3 is 2.50 bits per heavy atom. The summed E-state index contributed by atoms with van der Waals surface area (Å²) in [5.41, 5.74) is 4.37. The maximum atomic E-state index is 13.4. The quantitative estimate of drug-likeness (QED) is 0.488. The van der Waals surface area contributed by atoms with Gasteiger partial charge in [-0.05, 0) is 45.1 Å². The third-order valence-corrected chi connectivity index (χ3v) is 2.66. The van der Waals surface area contributed by atoms with Gasteiger partial charge in [0.15, 0.2) is 5.11 Å². The van der Waals surface area contributed by atoms with Gasteiger partial charge in [0.2, 0.25) is 5.91 Å². The molecular weight excluding hydrogens is 335 g/mol. The zero-order chi connectivity index (χ0) is 18.2. The van der Waals surface area contributed by atoms with E-state index in [1.807, 2.05) is 0 Å². The summed E-state index contributed by atoms with van der Waals surface area (Å²) in [7, 11) is 0. The third kappa shape index (κ3) is 8.28. The van der Waals surface area contributed by atoms with E-state index in [-0.39, 0.29) is 23.8 Å². The second kappa shape index (κ2) is 9.02. The molecule has 0 aromatic heterocycles. The molecule has 1 aromatic carbocycles. The zero-order valence-corrected chi connectivity index (χ0v) is 14.6. The second-order valence-corrected chi connectivity index (χ2v) is 6.19. The number of hydrogen-bond acceptors (Lipinski definition) is 4. The van der Waals surface area contributed by atoms with Crippen LogP contribution in [-0.4, -0.2) is 29.3 Å². The molecule has 7 nitrogen and oxygen atoms in total. The highest BCUT2D eigenvalue weighted by atomic mass is 32.1. The molecule has 0 saturated heterocycles. The van der Waals surface area contributed by atoms with Crippen LogP contribution in [-0.2, 0) is 9.53 Å². The summed E-state index contributed by atoms with van der Waals surface area (Å²) in [5.74, 6) is -0.863. The van der Waals surface area contributed by atoms with Crippen LogP contribution in [0.1, 0.15) is 27.2 Å². The highest BCUT2D eigenvalue weighted by Crippen LogP contribution is 2.11. The molecule has 24 heavy (non-hydrogen) atoms. The SMILES string of the molecule is CC(C)(C)OC(=O)NCCC(=O)NNC(=S)Nc1ccccc1F. The highest BCUT2D eigenvalue weighted by Gasteiger charge is 2.15. The van der Waals surface area contributed by atoms with Crippen LogP contribution in [0.5, 0.6) is 0 Å². The molecule has 2 amide bonds. The van der Waals surface area contributed by atoms with Gasteiger partial charge in [-0.15, -0.1) is 0 Å². The second-order valence-electron chi connectivity index (χ2n) is 5.79. The van der Waals surface area contributed by atoms with Crippen molar-refractivity contribution < 1.29 is 18.7 Å². The van der Waals surface area contributed by atoms with Gasteiger partial charge in [0.1, 0.15) is 11.4 Å². The molecule has 0 radical (unpaired) electrons. The number of thiocarbonyl (C=S) groups is 1. The number of nitrogens with one attached hydrogen (secondary N) is 4. The normalized spacial score (nSPS) is 10.5. The number of carbonyl (C=O) groups excluding carboxylic acids is 2. The lowest BCUT2D eigenvalue weighted by molar-refractivity contribution is -0.121. The average molecular weight is 356 g/mol. The van der Waals surface area contributed by atoms with E-state index in [0.717, 1.165) is 0 Å². The molecule has 0 atom stereocenters. The van der Waals surface area contributed by atoms with Gasteiger partial charge in [-0.1, -0.05) is 12.1 Å². The Labute approximate surface area is 145 Å². The first-order valence-electron chi connectivity index (χ1n) is 7.24. The number of rotatable bonds is 4. The van der Waals surface area contributed by atoms with Crippen LogP contribution in [0.25, 0.3) is 0 Å². The minimum Gasteiger partial charge on any atom is -0.444 e. The van der Waals surface area contributed by atoms with Gasteiger partial charge < -0.3 is 15.4 Å². The molecular formula is C15H21FN4O3S. The number of anilines is 1. The fourth-order valence-electron chi connectivity index (χ4n) is 1.50. The van der Waals surface area contributed by atoms with Crippen molar-refractivity contribution >= 4 is 35.0 Å². The molecule has 0 bridgehead atoms. The summed E-state index contributed by atoms with van der Waals surface area (Å²) in [6.07, 6.45) is -0.575. The fourth-order valence-corrected chi connectivity index (χ4v) is 1.66. The van der Waals surface area contributed by atoms with E-state index in [1.165, 1.54) is 12.1 Å². The molecule has 0 heterocycles. The van der Waals surface area contributed by atoms with Gasteiger partial charge in [0.05, 0.1) is 5.69 Å². The number of halogens is 1. The summed E-state index contributed by atoms with van der Waals surface area (Å²) in [5, 5.41) is 5.10. The smallest absolute Gasteiger partial charge is 0.407 e. The standard InChI is InChI=1S/C15H21FN4O3S/c1-15(2,3)23-14(22)17-9-8-12(21)19-20-13(24)18-11-7-5-4-6-10(11)16/h4-7H,8-9H2,1-3H3,(H,17,22)(H,19,21)(H2,18,20,24). The Morgan fingerprint density at radius 1 is 1.21 bits per heavy atom. The van der Waals surface area contributed by atoms with Crippen molar-refractivity contribution in [2.24, 2.45) is 0 Å². The van der Waals surface area contributed by atoms with Crippen molar-refractivity contribution in [3.8, 4) is 0 Å². The van der Waals surface area contributed by atoms with Gasteiger partial charge >= 0.3 is 6.09 Å². The molecule has 4 N–H and O–H groups in total. The summed E-state index contributed by atoms with van der Waals surface area (Å²) in [6.45, 7) is 5.34. The maximum absolute atomic E-state index is 13.4. The number of para-hydroxylation sites is 1. The van der Waals surface area contributed by atoms with E-state index in [1.54, 1.807) is 32.9 Å². The van der Waals surface area contributed by atoms with E-state index in [9.17, 15) is 14.0 Å². The molecule has 1 aromatic rings. The molecule has 0 spiro atoms. The van der Waals surface area contributed by atoms with Crippen molar-refractivity contribution in [3.05, 3.63) is 30.1 Å². The van der Waals surface area contributed by atoms with Gasteiger partial charge in [0.25, 0.3) is 0 Å². The lowest BCUT2D eigenvalue weighted by atomic mass is 10.2. The zero-order valence-electron chi connectivity index (χ0n) is 13.7. The minimum absolute atomic E-state index is 0.0224. The van der Waals surface area contributed by atoms with E-state index < -0.39 is 23.4 Å². The first-order chi connectivity index (χ1) is 11.2. The summed E-state index contributed by atoms with van der Waals surface area (Å²) in [4.78, 5) is 23.0. The third-order valence-electron chi connectivity index (χ3n) is 2.46. The van der Waals surface area contributed by atoms with E-state index in [4.69, 9.17) is 17.0 Å². The molecule has 1 rings (SSSR count). The first kappa shape index (κ1) is 19.6. The monoisotopic (exact) mass is 356 g/mol. The molecule has 0 fully saturated rings. The lowest BCUT2D eigenvalue weighted by Crippen LogP contribution is -2.45. The summed E-state index contributed by atoms with van der Waals surface area (Å²) >= 11 is 4.93. The van der Waals surface area contributed by atoms with Crippen LogP contribution in [0.4, 0.5) is 14.9 Å². The van der Waals surface area contributed by atoms with Crippen molar-refractivity contribution in [1.29, 1.82) is 0 Å².